The molecule has 2 aromatic heterocycles. The van der Waals surface area contributed by atoms with E-state index in [0.717, 1.165) is 31.4 Å². The van der Waals surface area contributed by atoms with E-state index in [9.17, 15) is 4.79 Å². The Morgan fingerprint density at radius 1 is 1.38 bits per heavy atom. The minimum atomic E-state index is -0.206. The molecule has 0 saturated carbocycles. The fourth-order valence-corrected chi connectivity index (χ4v) is 3.80. The molecule has 0 aromatic carbocycles. The first-order valence-electron chi connectivity index (χ1n) is 9.02. The molecule has 2 saturated heterocycles. The summed E-state index contributed by atoms with van der Waals surface area (Å²) < 4.78 is 17.0. The lowest BCUT2D eigenvalue weighted by atomic mass is 9.79. The normalized spacial score (nSPS) is 21.4. The second-order valence-electron chi connectivity index (χ2n) is 7.15. The highest BCUT2D eigenvalue weighted by molar-refractivity contribution is 5.93. The van der Waals surface area contributed by atoms with Crippen LogP contribution in [0.15, 0.2) is 35.2 Å². The van der Waals surface area contributed by atoms with Gasteiger partial charge in [0.05, 0.1) is 26.0 Å². The molecule has 1 amide bonds. The van der Waals surface area contributed by atoms with E-state index in [1.54, 1.807) is 24.7 Å². The van der Waals surface area contributed by atoms with Gasteiger partial charge >= 0.3 is 6.01 Å². The first kappa shape index (κ1) is 17.0. The van der Waals surface area contributed by atoms with Crippen LogP contribution >= 0.6 is 0 Å². The first-order chi connectivity index (χ1) is 12.7. The van der Waals surface area contributed by atoms with Gasteiger partial charge in [0.25, 0.3) is 5.91 Å². The monoisotopic (exact) mass is 357 g/mol. The number of hydrogen-bond donors (Lipinski definition) is 0. The standard InChI is InChI=1S/C19H23N3O4/c1-14-3-8-24-16(14)17(23)22-12-19(13-22)11-15(5-10-26-19)4-9-25-18-20-6-2-7-21-18/h2-3,6-8,15H,4-5,9-13H2,1H3. The Hall–Kier alpha value is -2.41. The van der Waals surface area contributed by atoms with Crippen molar-refractivity contribution in [3.63, 3.8) is 0 Å². The van der Waals surface area contributed by atoms with Crippen LogP contribution in [0.1, 0.15) is 35.4 Å². The summed E-state index contributed by atoms with van der Waals surface area (Å²) in [6, 6.07) is 4.00. The fourth-order valence-electron chi connectivity index (χ4n) is 3.80. The molecule has 0 radical (unpaired) electrons. The molecule has 2 aromatic rings. The number of furan rings is 1. The molecular formula is C19H23N3O4. The highest BCUT2D eigenvalue weighted by Crippen LogP contribution is 2.38. The number of nitrogens with zero attached hydrogens (tertiary/aromatic N) is 3. The summed E-state index contributed by atoms with van der Waals surface area (Å²) in [5, 5.41) is 0. The Balaban J connectivity index is 1.27. The van der Waals surface area contributed by atoms with Crippen LogP contribution in [0.3, 0.4) is 0 Å². The molecule has 1 atom stereocenters. The summed E-state index contributed by atoms with van der Waals surface area (Å²) in [6.45, 7) is 4.47. The van der Waals surface area contributed by atoms with Crippen LogP contribution in [0, 0.1) is 12.8 Å². The summed E-state index contributed by atoms with van der Waals surface area (Å²) in [5.74, 6) is 0.909. The van der Waals surface area contributed by atoms with Gasteiger partial charge in [-0.05, 0) is 44.2 Å². The lowest BCUT2D eigenvalue weighted by molar-refractivity contribution is -0.167. The Morgan fingerprint density at radius 2 is 2.19 bits per heavy atom. The fraction of sp³-hybridized carbons (Fsp3) is 0.526. The summed E-state index contributed by atoms with van der Waals surface area (Å²) in [4.78, 5) is 22.4. The number of aromatic nitrogens is 2. The SMILES string of the molecule is Cc1ccoc1C(=O)N1CC2(CC(CCOc3ncccn3)CCO2)C1. The highest BCUT2D eigenvalue weighted by atomic mass is 16.5. The van der Waals surface area contributed by atoms with E-state index >= 15 is 0 Å². The maximum atomic E-state index is 12.5. The maximum absolute atomic E-state index is 12.5. The van der Waals surface area contributed by atoms with Crippen LogP contribution in [0.5, 0.6) is 6.01 Å². The third-order valence-electron chi connectivity index (χ3n) is 5.20. The van der Waals surface area contributed by atoms with E-state index in [0.29, 0.717) is 37.4 Å². The molecular weight excluding hydrogens is 334 g/mol. The molecule has 2 fully saturated rings. The van der Waals surface area contributed by atoms with Gasteiger partial charge in [-0.2, -0.15) is 0 Å². The smallest absolute Gasteiger partial charge is 0.316 e. The van der Waals surface area contributed by atoms with Crippen LogP contribution in [-0.4, -0.2) is 52.7 Å². The van der Waals surface area contributed by atoms with E-state index in [1.165, 1.54) is 0 Å². The van der Waals surface area contributed by atoms with Crippen LogP contribution in [0.4, 0.5) is 0 Å². The summed E-state index contributed by atoms with van der Waals surface area (Å²) in [6.07, 6.45) is 7.81. The summed E-state index contributed by atoms with van der Waals surface area (Å²) in [5.41, 5.74) is 0.668. The number of carbonyl (C=O) groups is 1. The number of hydrogen-bond acceptors (Lipinski definition) is 6. The zero-order valence-electron chi connectivity index (χ0n) is 14.9. The quantitative estimate of drug-likeness (QED) is 0.818. The zero-order valence-corrected chi connectivity index (χ0v) is 14.9. The molecule has 4 rings (SSSR count). The molecule has 7 heteroatoms. The lowest BCUT2D eigenvalue weighted by Crippen LogP contribution is -2.66. The molecule has 0 aliphatic carbocycles. The van der Waals surface area contributed by atoms with Crippen molar-refractivity contribution in [2.45, 2.75) is 31.8 Å². The zero-order chi connectivity index (χ0) is 18.0. The van der Waals surface area contributed by atoms with E-state index in [2.05, 4.69) is 9.97 Å². The first-order valence-corrected chi connectivity index (χ1v) is 9.02. The molecule has 26 heavy (non-hydrogen) atoms. The Labute approximate surface area is 152 Å². The largest absolute Gasteiger partial charge is 0.463 e. The number of aryl methyl sites for hydroxylation is 1. The van der Waals surface area contributed by atoms with E-state index < -0.39 is 0 Å². The number of ether oxygens (including phenoxy) is 2. The van der Waals surface area contributed by atoms with Crippen molar-refractivity contribution >= 4 is 5.91 Å². The van der Waals surface area contributed by atoms with E-state index in [-0.39, 0.29) is 11.5 Å². The van der Waals surface area contributed by atoms with Crippen molar-refractivity contribution in [3.8, 4) is 6.01 Å². The lowest BCUT2D eigenvalue weighted by Gasteiger charge is -2.53. The Morgan fingerprint density at radius 3 is 2.92 bits per heavy atom. The molecule has 2 aliphatic heterocycles. The molecule has 4 heterocycles. The van der Waals surface area contributed by atoms with Crippen LogP contribution in [0.2, 0.25) is 0 Å². The van der Waals surface area contributed by atoms with Gasteiger partial charge in [0.1, 0.15) is 5.60 Å². The predicted octanol–water partition coefficient (Wildman–Crippen LogP) is 2.47. The van der Waals surface area contributed by atoms with Crippen LogP contribution in [-0.2, 0) is 4.74 Å². The van der Waals surface area contributed by atoms with Gasteiger partial charge in [0.2, 0.25) is 0 Å². The van der Waals surface area contributed by atoms with Crippen molar-refractivity contribution in [2.75, 3.05) is 26.3 Å². The number of rotatable bonds is 5. The number of likely N-dealkylation sites (tertiary alicyclic amines) is 1. The summed E-state index contributed by atoms with van der Waals surface area (Å²) >= 11 is 0. The molecule has 0 N–H and O–H groups in total. The molecule has 7 nitrogen and oxygen atoms in total. The third-order valence-corrected chi connectivity index (χ3v) is 5.20. The van der Waals surface area contributed by atoms with Crippen LogP contribution < -0.4 is 4.74 Å². The van der Waals surface area contributed by atoms with Gasteiger partial charge in [-0.1, -0.05) is 0 Å². The van der Waals surface area contributed by atoms with E-state index in [4.69, 9.17) is 13.9 Å². The average molecular weight is 357 g/mol. The van der Waals surface area contributed by atoms with Gasteiger partial charge in [0.15, 0.2) is 5.76 Å². The Kier molecular flexibility index (Phi) is 4.63. The van der Waals surface area contributed by atoms with Gasteiger partial charge in [0, 0.05) is 24.6 Å². The van der Waals surface area contributed by atoms with E-state index in [1.807, 2.05) is 17.9 Å². The molecule has 0 bridgehead atoms. The van der Waals surface area contributed by atoms with Crippen molar-refractivity contribution in [3.05, 3.63) is 42.1 Å². The van der Waals surface area contributed by atoms with Gasteiger partial charge in [-0.25, -0.2) is 9.97 Å². The predicted molar refractivity (Wildman–Crippen MR) is 92.9 cm³/mol. The van der Waals surface area contributed by atoms with Crippen molar-refractivity contribution in [1.29, 1.82) is 0 Å². The second-order valence-corrected chi connectivity index (χ2v) is 7.15. The topological polar surface area (TPSA) is 77.7 Å². The van der Waals surface area contributed by atoms with Crippen molar-refractivity contribution in [1.82, 2.24) is 14.9 Å². The average Bonchev–Trinajstić information content (AvgIpc) is 3.06. The third kappa shape index (κ3) is 3.44. The number of carbonyl (C=O) groups excluding carboxylic acids is 1. The van der Waals surface area contributed by atoms with Crippen LogP contribution in [0.25, 0.3) is 0 Å². The molecule has 1 unspecified atom stereocenters. The van der Waals surface area contributed by atoms with Gasteiger partial charge in [-0.15, -0.1) is 0 Å². The second kappa shape index (κ2) is 7.07. The molecule has 2 aliphatic rings. The van der Waals surface area contributed by atoms with Crippen molar-refractivity contribution < 1.29 is 18.7 Å². The minimum absolute atomic E-state index is 0.0478. The molecule has 1 spiro atoms. The highest BCUT2D eigenvalue weighted by Gasteiger charge is 2.49. The molecule has 138 valence electrons. The van der Waals surface area contributed by atoms with Gasteiger partial charge < -0.3 is 18.8 Å². The maximum Gasteiger partial charge on any atom is 0.316 e. The Bertz CT molecular complexity index is 755. The summed E-state index contributed by atoms with van der Waals surface area (Å²) in [7, 11) is 0. The number of amides is 1. The van der Waals surface area contributed by atoms with Gasteiger partial charge in [-0.3, -0.25) is 4.79 Å². The van der Waals surface area contributed by atoms with Crippen molar-refractivity contribution in [2.24, 2.45) is 5.92 Å². The minimum Gasteiger partial charge on any atom is -0.463 e.